The van der Waals surface area contributed by atoms with E-state index >= 15 is 0 Å². The van der Waals surface area contributed by atoms with Crippen molar-refractivity contribution in [3.05, 3.63) is 120 Å². The Bertz CT molecular complexity index is 883. The number of thioether (sulfide) groups is 1. The molecule has 0 heterocycles. The van der Waals surface area contributed by atoms with Gasteiger partial charge in [0, 0.05) is 0 Å². The molecule has 1 amide bonds. The minimum atomic E-state index is -0.386. The molecule has 0 saturated heterocycles. The van der Waals surface area contributed by atoms with Gasteiger partial charge in [-0.3, -0.25) is 0 Å². The Kier molecular flexibility index (Phi) is 8.42. The quantitative estimate of drug-likeness (QED) is 0.250. The van der Waals surface area contributed by atoms with Crippen molar-refractivity contribution in [2.24, 2.45) is 4.90 Å². The summed E-state index contributed by atoms with van der Waals surface area (Å²) in [4.78, 5) is 18.0. The van der Waals surface area contributed by atoms with Gasteiger partial charge in [-0.15, -0.1) is 0 Å². The summed E-state index contributed by atoms with van der Waals surface area (Å²) in [7, 11) is 3.54. The third-order valence-corrected chi connectivity index (χ3v) is 6.76. The Morgan fingerprint density at radius 2 is 1.32 bits per heavy atom. The maximum absolute atomic E-state index is 12.3. The summed E-state index contributed by atoms with van der Waals surface area (Å²) in [5, 5.41) is 0. The average Bonchev–Trinajstić information content (AvgIpc) is 2.85. The molecule has 0 fully saturated rings. The van der Waals surface area contributed by atoms with Crippen LogP contribution in [0.1, 0.15) is 16.7 Å². The monoisotopic (exact) mass is 426 g/mol. The molecule has 3 aromatic carbocycles. The van der Waals surface area contributed by atoms with Crippen molar-refractivity contribution < 1.29 is 4.79 Å². The topological polar surface area (TPSA) is 32.7 Å². The first-order chi connectivity index (χ1) is 15.2. The van der Waals surface area contributed by atoms with Crippen LogP contribution in [0, 0.1) is 0 Å². The first kappa shape index (κ1) is 22.8. The SMILES string of the molecule is B=NCCN(CCSC(c1ccccc1)(c1ccccc1)c1ccccc1)C(=O)C=C. The average molecular weight is 426 g/mol. The van der Waals surface area contributed by atoms with Gasteiger partial charge in [-0.2, -0.15) is 0 Å². The molecule has 0 spiro atoms. The molecular formula is C26H27BN2OS. The van der Waals surface area contributed by atoms with Gasteiger partial charge in [0.15, 0.2) is 0 Å². The van der Waals surface area contributed by atoms with E-state index in [0.29, 0.717) is 19.6 Å². The fourth-order valence-corrected chi connectivity index (χ4v) is 5.26. The molecule has 0 bridgehead atoms. The number of hydrogen-bond donors (Lipinski definition) is 0. The number of hydrogen-bond acceptors (Lipinski definition) is 3. The third kappa shape index (κ3) is 5.42. The van der Waals surface area contributed by atoms with Gasteiger partial charge in [0.05, 0.1) is 0 Å². The van der Waals surface area contributed by atoms with Crippen molar-refractivity contribution in [1.29, 1.82) is 0 Å². The van der Waals surface area contributed by atoms with E-state index in [9.17, 15) is 4.79 Å². The second-order valence-corrected chi connectivity index (χ2v) is 8.41. The summed E-state index contributed by atoms with van der Waals surface area (Å²) < 4.78 is -0.386. The van der Waals surface area contributed by atoms with Gasteiger partial charge in [0.25, 0.3) is 0 Å². The Balaban J connectivity index is 2.01. The molecule has 0 radical (unpaired) electrons. The van der Waals surface area contributed by atoms with Crippen LogP contribution in [0.15, 0.2) is 109 Å². The molecule has 31 heavy (non-hydrogen) atoms. The van der Waals surface area contributed by atoms with Crippen molar-refractivity contribution >= 4 is 25.3 Å². The molecule has 0 aliphatic rings. The molecule has 3 aromatic rings. The van der Waals surface area contributed by atoms with Crippen LogP contribution in [0.4, 0.5) is 0 Å². The number of benzene rings is 3. The van der Waals surface area contributed by atoms with Crippen LogP contribution in [0.2, 0.25) is 0 Å². The molecule has 3 nitrogen and oxygen atoms in total. The van der Waals surface area contributed by atoms with Gasteiger partial charge < -0.3 is 0 Å². The van der Waals surface area contributed by atoms with E-state index in [1.165, 1.54) is 22.8 Å². The van der Waals surface area contributed by atoms with E-state index in [1.807, 2.05) is 30.0 Å². The Morgan fingerprint density at radius 1 is 0.871 bits per heavy atom. The predicted octanol–water partition coefficient (Wildman–Crippen LogP) is 4.81. The molecule has 0 aliphatic carbocycles. The van der Waals surface area contributed by atoms with Crippen LogP contribution in [0.25, 0.3) is 0 Å². The predicted molar refractivity (Wildman–Crippen MR) is 133 cm³/mol. The van der Waals surface area contributed by atoms with E-state index in [2.05, 4.69) is 91.9 Å². The maximum atomic E-state index is 12.3. The van der Waals surface area contributed by atoms with Crippen LogP contribution in [0.3, 0.4) is 0 Å². The van der Waals surface area contributed by atoms with Crippen LogP contribution in [-0.2, 0) is 9.54 Å². The number of carbonyl (C=O) groups excluding carboxylic acids is 1. The zero-order valence-corrected chi connectivity index (χ0v) is 18.5. The van der Waals surface area contributed by atoms with Crippen molar-refractivity contribution in [3.8, 4) is 0 Å². The number of rotatable bonds is 11. The molecule has 0 unspecified atom stereocenters. The summed E-state index contributed by atoms with van der Waals surface area (Å²) in [6, 6.07) is 31.7. The summed E-state index contributed by atoms with van der Waals surface area (Å²) in [6.45, 7) is 5.32. The third-order valence-electron chi connectivity index (χ3n) is 5.24. The van der Waals surface area contributed by atoms with Crippen molar-refractivity contribution in [3.63, 3.8) is 0 Å². The number of amides is 1. The Labute approximate surface area is 190 Å². The second-order valence-electron chi connectivity index (χ2n) is 7.10. The van der Waals surface area contributed by atoms with E-state index in [0.717, 1.165) is 5.75 Å². The summed E-state index contributed by atoms with van der Waals surface area (Å²) >= 11 is 1.84. The first-order valence-electron chi connectivity index (χ1n) is 10.4. The summed E-state index contributed by atoms with van der Waals surface area (Å²) in [5.74, 6) is 0.684. The molecule has 3 rings (SSSR count). The standard InChI is InChI=1S/C26H27BN2OS/c1-2-25(30)29(19-18-28-27)20-21-31-26(22-12-6-3-7-13-22,23-14-8-4-9-15-23)24-16-10-5-11-17-24/h2-17,27H,1,18-21H2. The van der Waals surface area contributed by atoms with Crippen LogP contribution in [-0.4, -0.2) is 43.8 Å². The van der Waals surface area contributed by atoms with E-state index in [1.54, 1.807) is 4.90 Å². The molecule has 0 N–H and O–H groups in total. The first-order valence-corrected chi connectivity index (χ1v) is 11.4. The van der Waals surface area contributed by atoms with Crippen LogP contribution >= 0.6 is 11.8 Å². The van der Waals surface area contributed by atoms with Gasteiger partial charge in [-0.25, -0.2) is 0 Å². The summed E-state index contributed by atoms with van der Waals surface area (Å²) in [5.41, 5.74) is 3.64. The molecule has 0 atom stereocenters. The molecule has 156 valence electrons. The van der Waals surface area contributed by atoms with Crippen molar-refractivity contribution in [2.75, 3.05) is 25.4 Å². The van der Waals surface area contributed by atoms with E-state index < -0.39 is 0 Å². The fraction of sp³-hybridized carbons (Fsp3) is 0.192. The Hall–Kier alpha value is -2.92. The van der Waals surface area contributed by atoms with Gasteiger partial charge in [0.2, 0.25) is 0 Å². The molecule has 0 saturated carbocycles. The summed E-state index contributed by atoms with van der Waals surface area (Å²) in [6.07, 6.45) is 1.37. The zero-order valence-electron chi connectivity index (χ0n) is 17.7. The van der Waals surface area contributed by atoms with Crippen LogP contribution < -0.4 is 0 Å². The number of carbonyl (C=O) groups is 1. The van der Waals surface area contributed by atoms with Gasteiger partial charge in [0.1, 0.15) is 0 Å². The zero-order chi connectivity index (χ0) is 21.9. The van der Waals surface area contributed by atoms with Crippen molar-refractivity contribution in [1.82, 2.24) is 4.90 Å². The molecule has 5 heteroatoms. The number of nitrogens with zero attached hydrogens (tertiary/aromatic N) is 2. The van der Waals surface area contributed by atoms with E-state index in [4.69, 9.17) is 0 Å². The normalized spacial score (nSPS) is 10.9. The van der Waals surface area contributed by atoms with Gasteiger partial charge >= 0.3 is 190 Å². The second kappa shape index (κ2) is 11.5. The van der Waals surface area contributed by atoms with Crippen LogP contribution in [0.5, 0.6) is 0 Å². The molecular weight excluding hydrogens is 399 g/mol. The van der Waals surface area contributed by atoms with Crippen molar-refractivity contribution in [2.45, 2.75) is 4.75 Å². The Morgan fingerprint density at radius 3 is 1.71 bits per heavy atom. The van der Waals surface area contributed by atoms with Gasteiger partial charge in [-0.05, 0) is 0 Å². The molecule has 0 aromatic heterocycles. The fourth-order valence-electron chi connectivity index (χ4n) is 3.73. The minimum absolute atomic E-state index is 0.0750. The van der Waals surface area contributed by atoms with E-state index in [-0.39, 0.29) is 10.7 Å². The molecule has 0 aliphatic heterocycles. The van der Waals surface area contributed by atoms with Gasteiger partial charge in [-0.1, -0.05) is 0 Å².